The molecule has 0 spiro atoms. The average molecular weight is 235 g/mol. The SMILES string of the molecule is C[C@H](O)C1CN(C(=O)OCc2ccccc2)C1. The molecule has 1 fully saturated rings. The van der Waals surface area contributed by atoms with Crippen LogP contribution in [0.25, 0.3) is 0 Å². The molecule has 1 N–H and O–H groups in total. The molecule has 1 aromatic rings. The van der Waals surface area contributed by atoms with Crippen molar-refractivity contribution in [3.63, 3.8) is 0 Å². The Morgan fingerprint density at radius 1 is 1.47 bits per heavy atom. The van der Waals surface area contributed by atoms with E-state index >= 15 is 0 Å². The number of ether oxygens (including phenoxy) is 1. The lowest BCUT2D eigenvalue weighted by Gasteiger charge is -2.39. The van der Waals surface area contributed by atoms with Gasteiger partial charge in [-0.3, -0.25) is 0 Å². The molecule has 1 amide bonds. The minimum absolute atomic E-state index is 0.194. The molecule has 1 aliphatic rings. The third-order valence-corrected chi connectivity index (χ3v) is 3.06. The van der Waals surface area contributed by atoms with Crippen LogP contribution in [-0.2, 0) is 11.3 Å². The molecule has 0 saturated carbocycles. The number of likely N-dealkylation sites (tertiary alicyclic amines) is 1. The maximum Gasteiger partial charge on any atom is 0.410 e. The van der Waals surface area contributed by atoms with Crippen LogP contribution >= 0.6 is 0 Å². The first kappa shape index (κ1) is 11.9. The summed E-state index contributed by atoms with van der Waals surface area (Å²) in [5.74, 6) is 0.194. The molecule has 17 heavy (non-hydrogen) atoms. The van der Waals surface area contributed by atoms with Gasteiger partial charge in [-0.25, -0.2) is 4.79 Å². The summed E-state index contributed by atoms with van der Waals surface area (Å²) >= 11 is 0. The van der Waals surface area contributed by atoms with Crippen molar-refractivity contribution in [1.82, 2.24) is 4.90 Å². The van der Waals surface area contributed by atoms with E-state index in [9.17, 15) is 9.90 Å². The van der Waals surface area contributed by atoms with Crippen molar-refractivity contribution in [3.8, 4) is 0 Å². The molecule has 1 aliphatic heterocycles. The normalized spacial score (nSPS) is 17.4. The molecule has 0 unspecified atom stereocenters. The van der Waals surface area contributed by atoms with Crippen LogP contribution < -0.4 is 0 Å². The van der Waals surface area contributed by atoms with Gasteiger partial charge in [0.15, 0.2) is 0 Å². The fourth-order valence-corrected chi connectivity index (χ4v) is 1.78. The second-order valence-electron chi connectivity index (χ2n) is 4.45. The summed E-state index contributed by atoms with van der Waals surface area (Å²) in [6, 6.07) is 9.59. The number of carbonyl (C=O) groups is 1. The highest BCUT2D eigenvalue weighted by atomic mass is 16.6. The number of benzene rings is 1. The highest BCUT2D eigenvalue weighted by Crippen LogP contribution is 2.20. The zero-order valence-electron chi connectivity index (χ0n) is 9.87. The van der Waals surface area contributed by atoms with Gasteiger partial charge in [0.2, 0.25) is 0 Å². The number of aliphatic hydroxyl groups excluding tert-OH is 1. The summed E-state index contributed by atoms with van der Waals surface area (Å²) in [7, 11) is 0. The predicted octanol–water partition coefficient (Wildman–Crippen LogP) is 1.64. The Labute approximate surface area is 101 Å². The molecule has 1 atom stereocenters. The van der Waals surface area contributed by atoms with Gasteiger partial charge in [-0.2, -0.15) is 0 Å². The van der Waals surface area contributed by atoms with E-state index in [-0.39, 0.29) is 18.1 Å². The monoisotopic (exact) mass is 235 g/mol. The maximum absolute atomic E-state index is 11.6. The number of aliphatic hydroxyl groups is 1. The van der Waals surface area contributed by atoms with E-state index in [2.05, 4.69) is 0 Å². The van der Waals surface area contributed by atoms with Crippen LogP contribution in [-0.4, -0.2) is 35.3 Å². The van der Waals surface area contributed by atoms with Gasteiger partial charge in [-0.1, -0.05) is 30.3 Å². The number of nitrogens with zero attached hydrogens (tertiary/aromatic N) is 1. The van der Waals surface area contributed by atoms with Crippen LogP contribution in [0.1, 0.15) is 12.5 Å². The molecular weight excluding hydrogens is 218 g/mol. The predicted molar refractivity (Wildman–Crippen MR) is 63.4 cm³/mol. The molecular formula is C13H17NO3. The number of carbonyl (C=O) groups excluding carboxylic acids is 1. The smallest absolute Gasteiger partial charge is 0.410 e. The van der Waals surface area contributed by atoms with E-state index < -0.39 is 0 Å². The molecule has 4 heteroatoms. The molecule has 0 aromatic heterocycles. The summed E-state index contributed by atoms with van der Waals surface area (Å²) < 4.78 is 5.17. The molecule has 2 rings (SSSR count). The molecule has 0 bridgehead atoms. The van der Waals surface area contributed by atoms with Gasteiger partial charge in [0, 0.05) is 19.0 Å². The topological polar surface area (TPSA) is 49.8 Å². The van der Waals surface area contributed by atoms with Gasteiger partial charge in [0.05, 0.1) is 6.10 Å². The fourth-order valence-electron chi connectivity index (χ4n) is 1.78. The lowest BCUT2D eigenvalue weighted by molar-refractivity contribution is -0.000184. The molecule has 1 aromatic carbocycles. The second-order valence-corrected chi connectivity index (χ2v) is 4.45. The number of amides is 1. The van der Waals surface area contributed by atoms with Gasteiger partial charge in [0.25, 0.3) is 0 Å². The zero-order chi connectivity index (χ0) is 12.3. The number of hydrogen-bond donors (Lipinski definition) is 1. The summed E-state index contributed by atoms with van der Waals surface area (Å²) in [6.07, 6.45) is -0.654. The Hall–Kier alpha value is -1.55. The van der Waals surface area contributed by atoms with E-state index in [0.717, 1.165) is 5.56 Å². The molecule has 0 radical (unpaired) electrons. The van der Waals surface area contributed by atoms with Crippen LogP contribution in [0.5, 0.6) is 0 Å². The van der Waals surface area contributed by atoms with Crippen molar-refractivity contribution in [1.29, 1.82) is 0 Å². The Morgan fingerprint density at radius 2 is 2.12 bits per heavy atom. The third-order valence-electron chi connectivity index (χ3n) is 3.06. The Kier molecular flexibility index (Phi) is 3.64. The van der Waals surface area contributed by atoms with Crippen molar-refractivity contribution in [2.24, 2.45) is 5.92 Å². The van der Waals surface area contributed by atoms with E-state index in [1.54, 1.807) is 11.8 Å². The van der Waals surface area contributed by atoms with Crippen molar-refractivity contribution in [2.45, 2.75) is 19.6 Å². The molecule has 1 saturated heterocycles. The summed E-state index contributed by atoms with van der Waals surface area (Å²) in [5, 5.41) is 9.30. The molecule has 1 heterocycles. The lowest BCUT2D eigenvalue weighted by atomic mass is 9.95. The zero-order valence-corrected chi connectivity index (χ0v) is 9.87. The minimum atomic E-state index is -0.354. The van der Waals surface area contributed by atoms with E-state index in [4.69, 9.17) is 4.74 Å². The first-order valence-electron chi connectivity index (χ1n) is 5.80. The Bertz CT molecular complexity index is 372. The minimum Gasteiger partial charge on any atom is -0.445 e. The van der Waals surface area contributed by atoms with Gasteiger partial charge in [-0.05, 0) is 12.5 Å². The Morgan fingerprint density at radius 3 is 2.71 bits per heavy atom. The van der Waals surface area contributed by atoms with Crippen LogP contribution in [0.3, 0.4) is 0 Å². The van der Waals surface area contributed by atoms with Crippen molar-refractivity contribution >= 4 is 6.09 Å². The van der Waals surface area contributed by atoms with Gasteiger partial charge in [0.1, 0.15) is 6.61 Å². The second kappa shape index (κ2) is 5.19. The third kappa shape index (κ3) is 2.97. The Balaban J connectivity index is 1.73. The first-order valence-corrected chi connectivity index (χ1v) is 5.80. The van der Waals surface area contributed by atoms with Gasteiger partial charge in [-0.15, -0.1) is 0 Å². The first-order chi connectivity index (χ1) is 8.16. The number of hydrogen-bond acceptors (Lipinski definition) is 3. The standard InChI is InChI=1S/C13H17NO3/c1-10(15)12-7-14(8-12)13(16)17-9-11-5-3-2-4-6-11/h2-6,10,12,15H,7-9H2,1H3/t10-/m0/s1. The highest BCUT2D eigenvalue weighted by molar-refractivity contribution is 5.68. The average Bonchev–Trinajstić information content (AvgIpc) is 2.25. The van der Waals surface area contributed by atoms with E-state index in [1.807, 2.05) is 30.3 Å². The van der Waals surface area contributed by atoms with Crippen molar-refractivity contribution < 1.29 is 14.6 Å². The summed E-state index contributed by atoms with van der Waals surface area (Å²) in [4.78, 5) is 13.2. The van der Waals surface area contributed by atoms with Gasteiger partial charge >= 0.3 is 6.09 Å². The fraction of sp³-hybridized carbons (Fsp3) is 0.462. The lowest BCUT2D eigenvalue weighted by Crippen LogP contribution is -2.53. The van der Waals surface area contributed by atoms with Gasteiger partial charge < -0.3 is 14.7 Å². The highest BCUT2D eigenvalue weighted by Gasteiger charge is 2.34. The summed E-state index contributed by atoms with van der Waals surface area (Å²) in [6.45, 7) is 3.23. The number of rotatable bonds is 3. The quantitative estimate of drug-likeness (QED) is 0.866. The van der Waals surface area contributed by atoms with E-state index in [1.165, 1.54) is 0 Å². The van der Waals surface area contributed by atoms with Crippen LogP contribution in [0, 0.1) is 5.92 Å². The molecule has 4 nitrogen and oxygen atoms in total. The van der Waals surface area contributed by atoms with Crippen molar-refractivity contribution in [2.75, 3.05) is 13.1 Å². The van der Waals surface area contributed by atoms with Crippen molar-refractivity contribution in [3.05, 3.63) is 35.9 Å². The van der Waals surface area contributed by atoms with Crippen LogP contribution in [0.2, 0.25) is 0 Å². The summed E-state index contributed by atoms with van der Waals surface area (Å²) in [5.41, 5.74) is 0.980. The van der Waals surface area contributed by atoms with E-state index in [0.29, 0.717) is 19.7 Å². The maximum atomic E-state index is 11.6. The van der Waals surface area contributed by atoms with Crippen LogP contribution in [0.15, 0.2) is 30.3 Å². The largest absolute Gasteiger partial charge is 0.445 e. The molecule has 92 valence electrons. The van der Waals surface area contributed by atoms with Crippen LogP contribution in [0.4, 0.5) is 4.79 Å². The molecule has 0 aliphatic carbocycles.